The van der Waals surface area contributed by atoms with Crippen LogP contribution in [0.5, 0.6) is 0 Å². The van der Waals surface area contributed by atoms with Gasteiger partial charge in [0.2, 0.25) is 17.7 Å². The summed E-state index contributed by atoms with van der Waals surface area (Å²) in [6, 6.07) is 4.82. The molecule has 1 aromatic carbocycles. The van der Waals surface area contributed by atoms with E-state index in [1.807, 2.05) is 24.3 Å². The zero-order chi connectivity index (χ0) is 24.7. The fourth-order valence-electron chi connectivity index (χ4n) is 3.36. The van der Waals surface area contributed by atoms with E-state index in [-0.39, 0.29) is 18.3 Å². The van der Waals surface area contributed by atoms with Crippen molar-refractivity contribution in [1.29, 1.82) is 0 Å². The molecule has 3 unspecified atom stereocenters. The van der Waals surface area contributed by atoms with Crippen LogP contribution in [0.3, 0.4) is 0 Å². The third kappa shape index (κ3) is 7.04. The number of aromatic nitrogens is 1. The molecule has 0 saturated heterocycles. The first kappa shape index (κ1) is 25.9. The Labute approximate surface area is 192 Å². The van der Waals surface area contributed by atoms with Crippen molar-refractivity contribution in [2.75, 3.05) is 6.54 Å². The number of H-pyrrole nitrogens is 1. The number of para-hydroxylation sites is 1. The monoisotopic (exact) mass is 459 g/mol. The summed E-state index contributed by atoms with van der Waals surface area (Å²) >= 11 is 0. The van der Waals surface area contributed by atoms with Gasteiger partial charge in [0.15, 0.2) is 0 Å². The molecule has 180 valence electrons. The average Bonchev–Trinajstić information content (AvgIpc) is 3.17. The summed E-state index contributed by atoms with van der Waals surface area (Å²) in [7, 11) is 0. The Hall–Kier alpha value is -3.40. The molecule has 0 saturated carbocycles. The van der Waals surface area contributed by atoms with Crippen LogP contribution >= 0.6 is 0 Å². The second kappa shape index (κ2) is 11.5. The fourth-order valence-corrected chi connectivity index (χ4v) is 3.36. The Bertz CT molecular complexity index is 1000. The van der Waals surface area contributed by atoms with E-state index in [2.05, 4.69) is 20.9 Å². The number of fused-ring (bicyclic) bond motifs is 1. The quantitative estimate of drug-likeness (QED) is 0.286. The summed E-state index contributed by atoms with van der Waals surface area (Å²) in [5, 5.41) is 17.4. The van der Waals surface area contributed by atoms with Crippen molar-refractivity contribution in [2.45, 2.75) is 52.2 Å². The van der Waals surface area contributed by atoms with Gasteiger partial charge in [0.05, 0.1) is 6.04 Å². The van der Waals surface area contributed by atoms with E-state index in [1.54, 1.807) is 33.9 Å². The van der Waals surface area contributed by atoms with E-state index in [4.69, 9.17) is 10.8 Å². The molecular formula is C23H33N5O5. The van der Waals surface area contributed by atoms with Crippen LogP contribution in [0, 0.1) is 11.8 Å². The number of aromatic amines is 1. The fraction of sp³-hybridized carbons (Fsp3) is 0.478. The maximum atomic E-state index is 13.2. The molecule has 3 amide bonds. The highest BCUT2D eigenvalue weighted by Gasteiger charge is 2.31. The minimum absolute atomic E-state index is 0.132. The summed E-state index contributed by atoms with van der Waals surface area (Å²) in [5.74, 6) is -3.28. The summed E-state index contributed by atoms with van der Waals surface area (Å²) in [6.07, 6.45) is 1.95. The van der Waals surface area contributed by atoms with Crippen LogP contribution < -0.4 is 21.7 Å². The molecule has 0 spiro atoms. The Morgan fingerprint density at radius 1 is 0.970 bits per heavy atom. The Kier molecular flexibility index (Phi) is 8.98. The molecule has 3 atom stereocenters. The van der Waals surface area contributed by atoms with Crippen molar-refractivity contribution in [1.82, 2.24) is 20.9 Å². The van der Waals surface area contributed by atoms with Crippen molar-refractivity contribution in [3.05, 3.63) is 36.0 Å². The minimum Gasteiger partial charge on any atom is -0.480 e. The smallest absolute Gasteiger partial charge is 0.322 e. The number of amides is 3. The maximum Gasteiger partial charge on any atom is 0.322 e. The predicted molar refractivity (Wildman–Crippen MR) is 124 cm³/mol. The highest BCUT2D eigenvalue weighted by molar-refractivity contribution is 5.94. The van der Waals surface area contributed by atoms with Crippen LogP contribution in [0.4, 0.5) is 0 Å². The van der Waals surface area contributed by atoms with Crippen molar-refractivity contribution in [3.63, 3.8) is 0 Å². The number of carboxylic acid groups (broad SMARTS) is 1. The Morgan fingerprint density at radius 3 is 2.24 bits per heavy atom. The SMILES string of the molecule is CC(C)C(N)C(=O)NC(Cc1c[nH]c2ccccc12)C(=O)NC(C(=O)NCC(=O)O)C(C)C. The van der Waals surface area contributed by atoms with Gasteiger partial charge in [0, 0.05) is 23.5 Å². The zero-order valence-electron chi connectivity index (χ0n) is 19.3. The molecule has 0 aliphatic carbocycles. The van der Waals surface area contributed by atoms with E-state index >= 15 is 0 Å². The highest BCUT2D eigenvalue weighted by atomic mass is 16.4. The van der Waals surface area contributed by atoms with Gasteiger partial charge in [-0.3, -0.25) is 19.2 Å². The van der Waals surface area contributed by atoms with Crippen LogP contribution in [0.2, 0.25) is 0 Å². The summed E-state index contributed by atoms with van der Waals surface area (Å²) < 4.78 is 0. The molecule has 7 N–H and O–H groups in total. The molecule has 0 bridgehead atoms. The van der Waals surface area contributed by atoms with Gasteiger partial charge in [-0.2, -0.15) is 0 Å². The van der Waals surface area contributed by atoms with E-state index in [0.29, 0.717) is 0 Å². The van der Waals surface area contributed by atoms with Crippen LogP contribution in [-0.2, 0) is 25.6 Å². The zero-order valence-corrected chi connectivity index (χ0v) is 19.3. The van der Waals surface area contributed by atoms with E-state index in [9.17, 15) is 19.2 Å². The third-order valence-corrected chi connectivity index (χ3v) is 5.41. The molecule has 2 rings (SSSR count). The predicted octanol–water partition coefficient (Wildman–Crippen LogP) is 0.520. The Balaban J connectivity index is 2.26. The second-order valence-electron chi connectivity index (χ2n) is 8.74. The summed E-state index contributed by atoms with van der Waals surface area (Å²) in [4.78, 5) is 52.3. The molecule has 0 radical (unpaired) electrons. The number of hydrogen-bond donors (Lipinski definition) is 6. The first-order chi connectivity index (χ1) is 15.5. The van der Waals surface area contributed by atoms with Gasteiger partial charge < -0.3 is 31.8 Å². The molecule has 1 aromatic heterocycles. The standard InChI is InChI=1S/C23H33N5O5/c1-12(2)19(24)22(32)27-17(9-14-10-25-16-8-6-5-7-15(14)16)21(31)28-20(13(3)4)23(33)26-11-18(29)30/h5-8,10,12-13,17,19-20,25H,9,11,24H2,1-4H3,(H,26,33)(H,27,32)(H,28,31)(H,29,30). The van der Waals surface area contributed by atoms with Crippen LogP contribution in [-0.4, -0.2) is 58.5 Å². The summed E-state index contributed by atoms with van der Waals surface area (Å²) in [5.41, 5.74) is 7.68. The molecule has 0 aliphatic heterocycles. The number of carboxylic acids is 1. The molecule has 1 heterocycles. The molecule has 2 aromatic rings. The van der Waals surface area contributed by atoms with E-state index < -0.39 is 48.4 Å². The number of rotatable bonds is 11. The first-order valence-electron chi connectivity index (χ1n) is 10.9. The first-order valence-corrected chi connectivity index (χ1v) is 10.9. The van der Waals surface area contributed by atoms with E-state index in [1.165, 1.54) is 0 Å². The number of nitrogens with two attached hydrogens (primary N) is 1. The van der Waals surface area contributed by atoms with E-state index in [0.717, 1.165) is 16.5 Å². The lowest BCUT2D eigenvalue weighted by molar-refractivity contribution is -0.139. The Morgan fingerprint density at radius 2 is 1.64 bits per heavy atom. The molecular weight excluding hydrogens is 426 g/mol. The minimum atomic E-state index is -1.19. The topological polar surface area (TPSA) is 166 Å². The maximum absolute atomic E-state index is 13.2. The van der Waals surface area contributed by atoms with Crippen molar-refractivity contribution >= 4 is 34.6 Å². The van der Waals surface area contributed by atoms with Crippen molar-refractivity contribution in [3.8, 4) is 0 Å². The van der Waals surface area contributed by atoms with Gasteiger partial charge in [0.1, 0.15) is 18.6 Å². The number of hydrogen-bond acceptors (Lipinski definition) is 5. The van der Waals surface area contributed by atoms with Gasteiger partial charge in [-0.25, -0.2) is 0 Å². The molecule has 0 aliphatic rings. The number of nitrogens with one attached hydrogen (secondary N) is 4. The van der Waals surface area contributed by atoms with Crippen LogP contribution in [0.25, 0.3) is 10.9 Å². The lowest BCUT2D eigenvalue weighted by Crippen LogP contribution is -2.58. The largest absolute Gasteiger partial charge is 0.480 e. The molecule has 10 nitrogen and oxygen atoms in total. The molecule has 33 heavy (non-hydrogen) atoms. The average molecular weight is 460 g/mol. The number of aliphatic carboxylic acids is 1. The molecule has 0 fully saturated rings. The van der Waals surface area contributed by atoms with Gasteiger partial charge in [-0.15, -0.1) is 0 Å². The van der Waals surface area contributed by atoms with Crippen molar-refractivity contribution in [2.24, 2.45) is 17.6 Å². The number of carbonyl (C=O) groups excluding carboxylic acids is 3. The number of benzene rings is 1. The third-order valence-electron chi connectivity index (χ3n) is 5.41. The van der Waals surface area contributed by atoms with Crippen LogP contribution in [0.1, 0.15) is 33.3 Å². The van der Waals surface area contributed by atoms with Crippen molar-refractivity contribution < 1.29 is 24.3 Å². The van der Waals surface area contributed by atoms with Gasteiger partial charge in [0.25, 0.3) is 0 Å². The normalized spacial score (nSPS) is 14.0. The van der Waals surface area contributed by atoms with Gasteiger partial charge in [-0.1, -0.05) is 45.9 Å². The van der Waals surface area contributed by atoms with Gasteiger partial charge in [-0.05, 0) is 23.5 Å². The second-order valence-corrected chi connectivity index (χ2v) is 8.74. The lowest BCUT2D eigenvalue weighted by atomic mass is 9.99. The summed E-state index contributed by atoms with van der Waals surface area (Å²) in [6.45, 7) is 6.51. The van der Waals surface area contributed by atoms with Crippen LogP contribution in [0.15, 0.2) is 30.5 Å². The lowest BCUT2D eigenvalue weighted by Gasteiger charge is -2.26. The highest BCUT2D eigenvalue weighted by Crippen LogP contribution is 2.19. The number of carbonyl (C=O) groups is 4. The molecule has 10 heteroatoms. The van der Waals surface area contributed by atoms with Gasteiger partial charge >= 0.3 is 5.97 Å².